The molecule has 3 rings (SSSR count). The van der Waals surface area contributed by atoms with Crippen LogP contribution in [-0.2, 0) is 17.8 Å². The minimum Gasteiger partial charge on any atom is -0.452 e. The fourth-order valence-electron chi connectivity index (χ4n) is 2.14. The predicted octanol–water partition coefficient (Wildman–Crippen LogP) is 3.71. The summed E-state index contributed by atoms with van der Waals surface area (Å²) in [5.41, 5.74) is 1.70. The van der Waals surface area contributed by atoms with Crippen molar-refractivity contribution in [2.75, 3.05) is 0 Å². The molecule has 8 heteroatoms. The van der Waals surface area contributed by atoms with Gasteiger partial charge in [0, 0.05) is 10.0 Å². The number of esters is 1. The average Bonchev–Trinajstić information content (AvgIpc) is 3.20. The minimum absolute atomic E-state index is 0.115. The molecule has 24 heavy (non-hydrogen) atoms. The first-order valence-corrected chi connectivity index (χ1v) is 8.08. The third kappa shape index (κ3) is 3.38. The van der Waals surface area contributed by atoms with Gasteiger partial charge in [0.1, 0.15) is 11.3 Å². The lowest BCUT2D eigenvalue weighted by Gasteiger charge is -2.01. The molecule has 2 aromatic heterocycles. The van der Waals surface area contributed by atoms with Gasteiger partial charge in [-0.25, -0.2) is 4.79 Å². The normalized spacial score (nSPS) is 10.8. The van der Waals surface area contributed by atoms with E-state index in [0.29, 0.717) is 29.3 Å². The highest BCUT2D eigenvalue weighted by Gasteiger charge is 2.21. The summed E-state index contributed by atoms with van der Waals surface area (Å²) >= 11 is 3.36. The highest BCUT2D eigenvalue weighted by atomic mass is 79.9. The third-order valence-corrected chi connectivity index (χ3v) is 3.89. The van der Waals surface area contributed by atoms with Crippen LogP contribution in [0.25, 0.3) is 11.5 Å². The zero-order chi connectivity index (χ0) is 17.1. The fraction of sp³-hybridized carbons (Fsp3) is 0.250. The molecule has 0 aliphatic carbocycles. The maximum atomic E-state index is 12.2. The second kappa shape index (κ2) is 6.96. The van der Waals surface area contributed by atoms with E-state index in [0.717, 1.165) is 10.0 Å². The van der Waals surface area contributed by atoms with Crippen molar-refractivity contribution in [2.45, 2.75) is 26.9 Å². The summed E-state index contributed by atoms with van der Waals surface area (Å²) in [6.07, 6.45) is 0.579. The summed E-state index contributed by atoms with van der Waals surface area (Å²) in [4.78, 5) is 12.2. The molecule has 0 saturated heterocycles. The van der Waals surface area contributed by atoms with Gasteiger partial charge in [-0.3, -0.25) is 0 Å². The van der Waals surface area contributed by atoms with Crippen molar-refractivity contribution in [3.63, 3.8) is 0 Å². The quantitative estimate of drug-likeness (QED) is 0.611. The Morgan fingerprint density at radius 1 is 1.25 bits per heavy atom. The van der Waals surface area contributed by atoms with E-state index in [1.165, 1.54) is 0 Å². The number of benzene rings is 1. The van der Waals surface area contributed by atoms with E-state index in [1.54, 1.807) is 6.92 Å². The lowest BCUT2D eigenvalue weighted by Crippen LogP contribution is -2.08. The molecule has 124 valence electrons. The number of rotatable bonds is 5. The Labute approximate surface area is 146 Å². The van der Waals surface area contributed by atoms with Gasteiger partial charge in [0.2, 0.25) is 5.89 Å². The summed E-state index contributed by atoms with van der Waals surface area (Å²) < 4.78 is 16.7. The van der Waals surface area contributed by atoms with Gasteiger partial charge in [0.05, 0.1) is 5.69 Å². The minimum atomic E-state index is -0.519. The van der Waals surface area contributed by atoms with E-state index in [9.17, 15) is 4.79 Å². The Kier molecular flexibility index (Phi) is 4.75. The predicted molar refractivity (Wildman–Crippen MR) is 87.2 cm³/mol. The third-order valence-electron chi connectivity index (χ3n) is 3.36. The summed E-state index contributed by atoms with van der Waals surface area (Å²) in [6.45, 7) is 3.44. The van der Waals surface area contributed by atoms with Gasteiger partial charge in [0.15, 0.2) is 6.61 Å². The van der Waals surface area contributed by atoms with Crippen LogP contribution in [0.2, 0.25) is 0 Å². The van der Waals surface area contributed by atoms with Gasteiger partial charge < -0.3 is 13.7 Å². The molecule has 2 heterocycles. The number of carbonyl (C=O) groups excluding carboxylic acids is 1. The van der Waals surface area contributed by atoms with E-state index in [-0.39, 0.29) is 12.5 Å². The molecule has 0 aliphatic heterocycles. The molecule has 0 N–H and O–H groups in total. The Morgan fingerprint density at radius 3 is 2.71 bits per heavy atom. The maximum Gasteiger partial charge on any atom is 0.344 e. The number of nitrogens with zero attached hydrogens (tertiary/aromatic N) is 3. The number of carbonyl (C=O) groups is 1. The Bertz CT molecular complexity index is 855. The van der Waals surface area contributed by atoms with E-state index in [2.05, 4.69) is 31.3 Å². The van der Waals surface area contributed by atoms with Crippen LogP contribution in [0, 0.1) is 6.92 Å². The van der Waals surface area contributed by atoms with Crippen LogP contribution in [0.3, 0.4) is 0 Å². The average molecular weight is 392 g/mol. The van der Waals surface area contributed by atoms with Crippen molar-refractivity contribution in [3.8, 4) is 11.5 Å². The van der Waals surface area contributed by atoms with Crippen LogP contribution in [-0.4, -0.2) is 21.3 Å². The van der Waals surface area contributed by atoms with E-state index in [1.807, 2.05) is 31.2 Å². The van der Waals surface area contributed by atoms with Crippen molar-refractivity contribution in [1.82, 2.24) is 15.4 Å². The molecule has 0 radical (unpaired) electrons. The first-order valence-electron chi connectivity index (χ1n) is 7.29. The van der Waals surface area contributed by atoms with Gasteiger partial charge in [-0.2, -0.15) is 0 Å². The second-order valence-electron chi connectivity index (χ2n) is 5.00. The van der Waals surface area contributed by atoms with Crippen LogP contribution in [0.4, 0.5) is 0 Å². The molecule has 0 unspecified atom stereocenters. The largest absolute Gasteiger partial charge is 0.452 e. The van der Waals surface area contributed by atoms with Crippen molar-refractivity contribution < 1.29 is 18.5 Å². The van der Waals surface area contributed by atoms with Gasteiger partial charge in [-0.05, 0) is 37.6 Å². The lowest BCUT2D eigenvalue weighted by molar-refractivity contribution is 0.0435. The first kappa shape index (κ1) is 16.4. The van der Waals surface area contributed by atoms with Gasteiger partial charge in [0.25, 0.3) is 5.89 Å². The fourth-order valence-corrected chi connectivity index (χ4v) is 2.41. The molecule has 0 fully saturated rings. The number of hydrogen-bond acceptors (Lipinski definition) is 7. The number of ether oxygens (including phenoxy) is 1. The zero-order valence-corrected chi connectivity index (χ0v) is 14.7. The first-order chi connectivity index (χ1) is 11.6. The molecule has 0 bridgehead atoms. The van der Waals surface area contributed by atoms with Gasteiger partial charge >= 0.3 is 5.97 Å². The van der Waals surface area contributed by atoms with Gasteiger partial charge in [-0.1, -0.05) is 28.0 Å². The second-order valence-corrected chi connectivity index (χ2v) is 5.91. The van der Waals surface area contributed by atoms with Crippen LogP contribution < -0.4 is 0 Å². The number of aryl methyl sites for hydroxylation is 2. The SMILES string of the molecule is CCc1noc(C)c1C(=O)OCc1nnc(-c2ccc(Br)cc2)o1. The highest BCUT2D eigenvalue weighted by molar-refractivity contribution is 9.10. The molecule has 0 spiro atoms. The Balaban J connectivity index is 1.68. The van der Waals surface area contributed by atoms with Crippen LogP contribution in [0.15, 0.2) is 37.7 Å². The van der Waals surface area contributed by atoms with Gasteiger partial charge in [-0.15, -0.1) is 10.2 Å². The summed E-state index contributed by atoms with van der Waals surface area (Å²) in [6, 6.07) is 7.45. The van der Waals surface area contributed by atoms with Crippen molar-refractivity contribution in [1.29, 1.82) is 0 Å². The maximum absolute atomic E-state index is 12.2. The molecule has 0 saturated carbocycles. The van der Waals surface area contributed by atoms with Crippen molar-refractivity contribution in [3.05, 3.63) is 51.6 Å². The number of halogens is 1. The smallest absolute Gasteiger partial charge is 0.344 e. The number of aromatic nitrogens is 3. The van der Waals surface area contributed by atoms with Crippen LogP contribution in [0.5, 0.6) is 0 Å². The number of hydrogen-bond donors (Lipinski definition) is 0. The standard InChI is InChI=1S/C16H14BrN3O4/c1-3-12-14(9(2)24-20-12)16(21)22-8-13-18-19-15(23-13)10-4-6-11(17)7-5-10/h4-7H,3,8H2,1-2H3. The summed E-state index contributed by atoms with van der Waals surface area (Å²) in [7, 11) is 0. The van der Waals surface area contributed by atoms with E-state index >= 15 is 0 Å². The topological polar surface area (TPSA) is 91.2 Å². The molecule has 0 atom stereocenters. The van der Waals surface area contributed by atoms with Crippen LogP contribution >= 0.6 is 15.9 Å². The molecule has 0 amide bonds. The monoisotopic (exact) mass is 391 g/mol. The van der Waals surface area contributed by atoms with Crippen LogP contribution in [0.1, 0.15) is 34.6 Å². The Hall–Kier alpha value is -2.48. The molecule has 1 aromatic carbocycles. The summed E-state index contributed by atoms with van der Waals surface area (Å²) in [5.74, 6) is 0.490. The molecular formula is C16H14BrN3O4. The van der Waals surface area contributed by atoms with Crippen molar-refractivity contribution >= 4 is 21.9 Å². The zero-order valence-electron chi connectivity index (χ0n) is 13.1. The highest BCUT2D eigenvalue weighted by Crippen LogP contribution is 2.21. The molecular weight excluding hydrogens is 378 g/mol. The van der Waals surface area contributed by atoms with Crippen molar-refractivity contribution in [2.24, 2.45) is 0 Å². The molecule has 7 nitrogen and oxygen atoms in total. The molecule has 0 aliphatic rings. The molecule has 3 aromatic rings. The van der Waals surface area contributed by atoms with E-state index in [4.69, 9.17) is 13.7 Å². The summed E-state index contributed by atoms with van der Waals surface area (Å²) in [5, 5.41) is 11.7. The van der Waals surface area contributed by atoms with E-state index < -0.39 is 5.97 Å². The lowest BCUT2D eigenvalue weighted by atomic mass is 10.1. The Morgan fingerprint density at radius 2 is 2.00 bits per heavy atom.